The van der Waals surface area contributed by atoms with Crippen molar-refractivity contribution in [3.63, 3.8) is 0 Å². The fourth-order valence-electron chi connectivity index (χ4n) is 1.64. The van der Waals surface area contributed by atoms with Crippen molar-refractivity contribution in [2.45, 2.75) is 31.6 Å². The van der Waals surface area contributed by atoms with Gasteiger partial charge in [-0.25, -0.2) is 0 Å². The van der Waals surface area contributed by atoms with E-state index in [9.17, 15) is 4.79 Å². The topological polar surface area (TPSA) is 49.3 Å². The average Bonchev–Trinajstić information content (AvgIpc) is 2.27. The van der Waals surface area contributed by atoms with Crippen molar-refractivity contribution < 1.29 is 9.90 Å². The largest absolute Gasteiger partial charge is 0.396 e. The number of thioether (sulfide) groups is 1. The van der Waals surface area contributed by atoms with Crippen molar-refractivity contribution in [2.75, 3.05) is 12.4 Å². The van der Waals surface area contributed by atoms with Gasteiger partial charge in [0, 0.05) is 22.9 Å². The molecule has 0 saturated heterocycles. The van der Waals surface area contributed by atoms with Gasteiger partial charge in [0.15, 0.2) is 0 Å². The van der Waals surface area contributed by atoms with E-state index in [4.69, 9.17) is 16.7 Å². The van der Waals surface area contributed by atoms with Gasteiger partial charge in [-0.15, -0.1) is 11.8 Å². The number of amides is 1. The van der Waals surface area contributed by atoms with Gasteiger partial charge in [0.05, 0.1) is 5.75 Å². The summed E-state index contributed by atoms with van der Waals surface area (Å²) >= 11 is 7.44. The number of aliphatic hydroxyl groups is 1. The molecule has 19 heavy (non-hydrogen) atoms. The molecule has 0 unspecified atom stereocenters. The van der Waals surface area contributed by atoms with E-state index in [-0.39, 0.29) is 18.1 Å². The summed E-state index contributed by atoms with van der Waals surface area (Å²) in [6.07, 6.45) is 0.553. The minimum atomic E-state index is -0.359. The number of rotatable bonds is 7. The van der Waals surface area contributed by atoms with Crippen molar-refractivity contribution in [3.8, 4) is 0 Å². The SMILES string of the molecule is CC(C)(CCO)NC(=O)CSCc1cccc(Cl)c1. The Kier molecular flexibility index (Phi) is 6.69. The van der Waals surface area contributed by atoms with Gasteiger partial charge in [-0.1, -0.05) is 23.7 Å². The van der Waals surface area contributed by atoms with Crippen LogP contribution in [-0.2, 0) is 10.5 Å². The molecule has 1 aromatic rings. The first-order valence-corrected chi connectivity index (χ1v) is 7.70. The van der Waals surface area contributed by atoms with Gasteiger partial charge in [0.2, 0.25) is 5.91 Å². The molecule has 2 N–H and O–H groups in total. The lowest BCUT2D eigenvalue weighted by molar-refractivity contribution is -0.120. The second kappa shape index (κ2) is 7.78. The van der Waals surface area contributed by atoms with Crippen LogP contribution in [0.3, 0.4) is 0 Å². The van der Waals surface area contributed by atoms with E-state index in [2.05, 4.69) is 5.32 Å². The van der Waals surface area contributed by atoms with E-state index in [0.29, 0.717) is 17.2 Å². The fraction of sp³-hybridized carbons (Fsp3) is 0.500. The molecule has 0 spiro atoms. The molecule has 0 saturated carbocycles. The van der Waals surface area contributed by atoms with Crippen LogP contribution >= 0.6 is 23.4 Å². The lowest BCUT2D eigenvalue weighted by atomic mass is 10.0. The van der Waals surface area contributed by atoms with Crippen LogP contribution in [-0.4, -0.2) is 28.9 Å². The predicted molar refractivity (Wildman–Crippen MR) is 81.5 cm³/mol. The molecule has 0 aliphatic carbocycles. The Morgan fingerprint density at radius 2 is 2.21 bits per heavy atom. The van der Waals surface area contributed by atoms with Crippen molar-refractivity contribution in [1.82, 2.24) is 5.32 Å². The van der Waals surface area contributed by atoms with Crippen LogP contribution in [0.1, 0.15) is 25.8 Å². The summed E-state index contributed by atoms with van der Waals surface area (Å²) in [5.41, 5.74) is 0.752. The minimum absolute atomic E-state index is 0.00882. The van der Waals surface area contributed by atoms with Gasteiger partial charge in [-0.2, -0.15) is 0 Å². The number of aliphatic hydroxyl groups excluding tert-OH is 1. The van der Waals surface area contributed by atoms with E-state index in [1.54, 1.807) is 11.8 Å². The maximum Gasteiger partial charge on any atom is 0.230 e. The Labute approximate surface area is 123 Å². The number of hydrogen-bond donors (Lipinski definition) is 2. The summed E-state index contributed by atoms with van der Waals surface area (Å²) in [5.74, 6) is 1.15. The molecule has 1 aromatic carbocycles. The first-order valence-electron chi connectivity index (χ1n) is 6.17. The summed E-state index contributed by atoms with van der Waals surface area (Å²) in [7, 11) is 0. The monoisotopic (exact) mass is 301 g/mol. The van der Waals surface area contributed by atoms with Crippen LogP contribution < -0.4 is 5.32 Å². The number of carbonyl (C=O) groups is 1. The van der Waals surface area contributed by atoms with Crippen molar-refractivity contribution in [2.24, 2.45) is 0 Å². The predicted octanol–water partition coefficient (Wildman–Crippen LogP) is 2.85. The number of carbonyl (C=O) groups excluding carboxylic acids is 1. The standard InChI is InChI=1S/C14H20ClNO2S/c1-14(2,6-7-17)16-13(18)10-19-9-11-4-3-5-12(15)8-11/h3-5,8,17H,6-7,9-10H2,1-2H3,(H,16,18). The van der Waals surface area contributed by atoms with Crippen molar-refractivity contribution in [1.29, 1.82) is 0 Å². The molecule has 0 aliphatic heterocycles. The second-order valence-electron chi connectivity index (χ2n) is 5.03. The van der Waals surface area contributed by atoms with Crippen LogP contribution in [0.5, 0.6) is 0 Å². The summed E-state index contributed by atoms with van der Waals surface area (Å²) < 4.78 is 0. The third-order valence-electron chi connectivity index (χ3n) is 2.61. The Hall–Kier alpha value is -0.710. The zero-order chi connectivity index (χ0) is 14.3. The molecule has 5 heteroatoms. The summed E-state index contributed by atoms with van der Waals surface area (Å²) in [5, 5.41) is 12.5. The number of halogens is 1. The molecule has 0 heterocycles. The maximum atomic E-state index is 11.8. The highest BCUT2D eigenvalue weighted by atomic mass is 35.5. The van der Waals surface area contributed by atoms with E-state index < -0.39 is 0 Å². The first kappa shape index (κ1) is 16.3. The molecule has 0 bridgehead atoms. The zero-order valence-corrected chi connectivity index (χ0v) is 12.9. The second-order valence-corrected chi connectivity index (χ2v) is 6.45. The lowest BCUT2D eigenvalue weighted by Gasteiger charge is -2.25. The molecule has 0 aliphatic rings. The van der Waals surface area contributed by atoms with Crippen LogP contribution in [0.25, 0.3) is 0 Å². The Bertz CT molecular complexity index is 424. The summed E-state index contributed by atoms with van der Waals surface area (Å²) in [6, 6.07) is 7.64. The third-order valence-corrected chi connectivity index (χ3v) is 3.84. The fourth-order valence-corrected chi connectivity index (χ4v) is 2.63. The van der Waals surface area contributed by atoms with Gasteiger partial charge < -0.3 is 10.4 Å². The van der Waals surface area contributed by atoms with E-state index in [0.717, 1.165) is 11.3 Å². The highest BCUT2D eigenvalue weighted by Crippen LogP contribution is 2.17. The van der Waals surface area contributed by atoms with Gasteiger partial charge >= 0.3 is 0 Å². The molecule has 0 fully saturated rings. The Morgan fingerprint density at radius 1 is 1.47 bits per heavy atom. The van der Waals surface area contributed by atoms with Crippen LogP contribution in [0.15, 0.2) is 24.3 Å². The Balaban J connectivity index is 2.31. The normalized spacial score (nSPS) is 11.4. The lowest BCUT2D eigenvalue weighted by Crippen LogP contribution is -2.44. The quantitative estimate of drug-likeness (QED) is 0.814. The maximum absolute atomic E-state index is 11.8. The Morgan fingerprint density at radius 3 is 2.84 bits per heavy atom. The molecule has 0 atom stereocenters. The van der Waals surface area contributed by atoms with Gasteiger partial charge in [-0.3, -0.25) is 4.79 Å². The molecular weight excluding hydrogens is 282 g/mol. The first-order chi connectivity index (χ1) is 8.93. The molecule has 3 nitrogen and oxygen atoms in total. The van der Waals surface area contributed by atoms with Gasteiger partial charge in [-0.05, 0) is 38.0 Å². The number of hydrogen-bond acceptors (Lipinski definition) is 3. The molecule has 106 valence electrons. The molecule has 1 rings (SSSR count). The van der Waals surface area contributed by atoms with Crippen LogP contribution in [0.2, 0.25) is 5.02 Å². The highest BCUT2D eigenvalue weighted by Gasteiger charge is 2.19. The molecular formula is C14H20ClNO2S. The van der Waals surface area contributed by atoms with Crippen molar-refractivity contribution >= 4 is 29.3 Å². The van der Waals surface area contributed by atoms with E-state index in [1.165, 1.54) is 0 Å². The summed E-state index contributed by atoms with van der Waals surface area (Å²) in [4.78, 5) is 11.8. The number of benzene rings is 1. The average molecular weight is 302 g/mol. The minimum Gasteiger partial charge on any atom is -0.396 e. The third kappa shape index (κ3) is 6.85. The van der Waals surface area contributed by atoms with Crippen molar-refractivity contribution in [3.05, 3.63) is 34.9 Å². The molecule has 1 amide bonds. The van der Waals surface area contributed by atoms with E-state index in [1.807, 2.05) is 38.1 Å². The molecule has 0 radical (unpaired) electrons. The van der Waals surface area contributed by atoms with Gasteiger partial charge in [0.25, 0.3) is 0 Å². The van der Waals surface area contributed by atoms with Crippen LogP contribution in [0, 0.1) is 0 Å². The number of nitrogens with one attached hydrogen (secondary N) is 1. The van der Waals surface area contributed by atoms with Gasteiger partial charge in [0.1, 0.15) is 0 Å². The highest BCUT2D eigenvalue weighted by molar-refractivity contribution is 7.99. The zero-order valence-electron chi connectivity index (χ0n) is 11.3. The smallest absolute Gasteiger partial charge is 0.230 e. The van der Waals surface area contributed by atoms with Crippen LogP contribution in [0.4, 0.5) is 0 Å². The van der Waals surface area contributed by atoms with E-state index >= 15 is 0 Å². The molecule has 0 aromatic heterocycles. The summed E-state index contributed by atoms with van der Waals surface area (Å²) in [6.45, 7) is 3.88.